The van der Waals surface area contributed by atoms with Gasteiger partial charge < -0.3 is 10.2 Å². The van der Waals surface area contributed by atoms with Crippen LogP contribution in [-0.2, 0) is 11.0 Å². The second kappa shape index (κ2) is 8.42. The number of hydrogen-bond donors (Lipinski definition) is 1. The number of anilines is 2. The Balaban J connectivity index is 1.48. The number of nitrogens with one attached hydrogen (secondary N) is 1. The third-order valence-corrected chi connectivity index (χ3v) is 4.99. The smallest absolute Gasteiger partial charge is 0.354 e. The lowest BCUT2D eigenvalue weighted by molar-refractivity contribution is -0.137. The standard InChI is InChI=1S/C18H18F3IN4O/c19-18(20,21)13-1-6-16(23-11-13)26-9-7-25(8-10-26)12-17(27)24-15-4-2-14(22)3-5-15/h1-6,11H,7-10,12H2,(H,24,27). The highest BCUT2D eigenvalue weighted by Gasteiger charge is 2.31. The molecule has 2 aromatic rings. The quantitative estimate of drug-likeness (QED) is 0.668. The van der Waals surface area contributed by atoms with Crippen LogP contribution in [0.3, 0.4) is 0 Å². The number of hydrogen-bond acceptors (Lipinski definition) is 4. The molecule has 0 bridgehead atoms. The fourth-order valence-electron chi connectivity index (χ4n) is 2.81. The van der Waals surface area contributed by atoms with Gasteiger partial charge in [-0.1, -0.05) is 0 Å². The maximum absolute atomic E-state index is 12.6. The number of carbonyl (C=O) groups excluding carboxylic acids is 1. The van der Waals surface area contributed by atoms with Gasteiger partial charge in [-0.25, -0.2) is 4.98 Å². The normalized spacial score (nSPS) is 15.6. The summed E-state index contributed by atoms with van der Waals surface area (Å²) >= 11 is 2.20. The Morgan fingerprint density at radius 1 is 1.07 bits per heavy atom. The minimum Gasteiger partial charge on any atom is -0.354 e. The number of alkyl halides is 3. The summed E-state index contributed by atoms with van der Waals surface area (Å²) < 4.78 is 38.9. The van der Waals surface area contributed by atoms with Crippen LogP contribution in [0.15, 0.2) is 42.6 Å². The summed E-state index contributed by atoms with van der Waals surface area (Å²) in [5, 5.41) is 2.86. The first-order valence-corrected chi connectivity index (χ1v) is 9.45. The molecular formula is C18H18F3IN4O. The van der Waals surface area contributed by atoms with Crippen LogP contribution in [0, 0.1) is 3.57 Å². The van der Waals surface area contributed by atoms with E-state index in [9.17, 15) is 18.0 Å². The Hall–Kier alpha value is -1.88. The average Bonchev–Trinajstić information content (AvgIpc) is 2.64. The Labute approximate surface area is 168 Å². The molecule has 2 heterocycles. The van der Waals surface area contributed by atoms with Gasteiger partial charge in [0.25, 0.3) is 0 Å². The van der Waals surface area contributed by atoms with E-state index < -0.39 is 11.7 Å². The lowest BCUT2D eigenvalue weighted by Gasteiger charge is -2.35. The Morgan fingerprint density at radius 2 is 1.74 bits per heavy atom. The molecule has 3 rings (SSSR count). The van der Waals surface area contributed by atoms with Crippen molar-refractivity contribution in [2.24, 2.45) is 0 Å². The molecule has 0 saturated carbocycles. The zero-order valence-corrected chi connectivity index (χ0v) is 16.5. The van der Waals surface area contributed by atoms with Crippen molar-refractivity contribution in [3.8, 4) is 0 Å². The van der Waals surface area contributed by atoms with Crippen LogP contribution >= 0.6 is 22.6 Å². The molecular weight excluding hydrogens is 472 g/mol. The highest BCUT2D eigenvalue weighted by molar-refractivity contribution is 14.1. The Morgan fingerprint density at radius 3 is 2.30 bits per heavy atom. The first-order valence-electron chi connectivity index (χ1n) is 8.37. The lowest BCUT2D eigenvalue weighted by atomic mass is 10.2. The van der Waals surface area contributed by atoms with Gasteiger partial charge in [0.1, 0.15) is 5.82 Å². The highest BCUT2D eigenvalue weighted by atomic mass is 127. The molecule has 0 spiro atoms. The van der Waals surface area contributed by atoms with Crippen molar-refractivity contribution in [2.45, 2.75) is 6.18 Å². The number of halogens is 4. The second-order valence-corrected chi connectivity index (χ2v) is 7.47. The molecule has 27 heavy (non-hydrogen) atoms. The largest absolute Gasteiger partial charge is 0.417 e. The number of carbonyl (C=O) groups is 1. The second-order valence-electron chi connectivity index (χ2n) is 6.22. The fourth-order valence-corrected chi connectivity index (χ4v) is 3.17. The number of nitrogens with zero attached hydrogens (tertiary/aromatic N) is 3. The molecule has 0 atom stereocenters. The number of piperazine rings is 1. The van der Waals surface area contributed by atoms with Crippen LogP contribution in [0.4, 0.5) is 24.7 Å². The zero-order chi connectivity index (χ0) is 19.4. The maximum atomic E-state index is 12.6. The first-order chi connectivity index (χ1) is 12.8. The van der Waals surface area contributed by atoms with Crippen LogP contribution in [0.2, 0.25) is 0 Å². The van der Waals surface area contributed by atoms with Crippen molar-refractivity contribution < 1.29 is 18.0 Å². The zero-order valence-electron chi connectivity index (χ0n) is 14.3. The van der Waals surface area contributed by atoms with Gasteiger partial charge in [0.2, 0.25) is 5.91 Å². The van der Waals surface area contributed by atoms with E-state index in [1.165, 1.54) is 6.07 Å². The molecule has 1 amide bonds. The molecule has 9 heteroatoms. The van der Waals surface area contributed by atoms with Gasteiger partial charge >= 0.3 is 6.18 Å². The van der Waals surface area contributed by atoms with Gasteiger partial charge in [-0.3, -0.25) is 9.69 Å². The van der Waals surface area contributed by atoms with Crippen molar-refractivity contribution in [1.29, 1.82) is 0 Å². The molecule has 1 aromatic heterocycles. The maximum Gasteiger partial charge on any atom is 0.417 e. The minimum atomic E-state index is -4.38. The summed E-state index contributed by atoms with van der Waals surface area (Å²) in [5.41, 5.74) is 0.00478. The summed E-state index contributed by atoms with van der Waals surface area (Å²) in [4.78, 5) is 20.0. The van der Waals surface area contributed by atoms with E-state index in [-0.39, 0.29) is 12.5 Å². The first kappa shape index (κ1) is 19.9. The molecule has 1 aromatic carbocycles. The van der Waals surface area contributed by atoms with E-state index >= 15 is 0 Å². The van der Waals surface area contributed by atoms with E-state index in [4.69, 9.17) is 0 Å². The SMILES string of the molecule is O=C(CN1CCN(c2ccc(C(F)(F)F)cn2)CC1)Nc1ccc(I)cc1. The third-order valence-electron chi connectivity index (χ3n) is 4.27. The van der Waals surface area contributed by atoms with E-state index in [2.05, 4.69) is 32.9 Å². The predicted molar refractivity (Wildman–Crippen MR) is 106 cm³/mol. The van der Waals surface area contributed by atoms with Gasteiger partial charge in [-0.15, -0.1) is 0 Å². The van der Waals surface area contributed by atoms with E-state index in [1.54, 1.807) is 0 Å². The van der Waals surface area contributed by atoms with Gasteiger partial charge in [-0.2, -0.15) is 13.2 Å². The molecule has 5 nitrogen and oxygen atoms in total. The summed E-state index contributed by atoms with van der Waals surface area (Å²) in [7, 11) is 0. The third kappa shape index (κ3) is 5.55. The summed E-state index contributed by atoms with van der Waals surface area (Å²) in [5.74, 6) is 0.434. The van der Waals surface area contributed by atoms with Gasteiger partial charge in [0.15, 0.2) is 0 Å². The average molecular weight is 490 g/mol. The molecule has 1 fully saturated rings. The Bertz CT molecular complexity index is 773. The van der Waals surface area contributed by atoms with Crippen molar-refractivity contribution in [3.05, 3.63) is 51.7 Å². The van der Waals surface area contributed by atoms with Gasteiger partial charge in [-0.05, 0) is 59.0 Å². The number of amides is 1. The molecule has 0 radical (unpaired) electrons. The molecule has 1 N–H and O–H groups in total. The van der Waals surface area contributed by atoms with Crippen molar-refractivity contribution >= 4 is 40.0 Å². The lowest BCUT2D eigenvalue weighted by Crippen LogP contribution is -2.48. The van der Waals surface area contributed by atoms with Crippen LogP contribution in [0.1, 0.15) is 5.56 Å². The van der Waals surface area contributed by atoms with Crippen molar-refractivity contribution in [1.82, 2.24) is 9.88 Å². The molecule has 1 aliphatic rings. The minimum absolute atomic E-state index is 0.0858. The molecule has 144 valence electrons. The van der Waals surface area contributed by atoms with E-state index in [0.29, 0.717) is 32.0 Å². The molecule has 1 aliphatic heterocycles. The predicted octanol–water partition coefficient (Wildman–Crippen LogP) is 3.47. The number of benzene rings is 1. The number of aromatic nitrogens is 1. The Kier molecular flexibility index (Phi) is 6.20. The summed E-state index contributed by atoms with van der Waals surface area (Å²) in [6.45, 7) is 2.77. The van der Waals surface area contributed by atoms with Crippen molar-refractivity contribution in [3.63, 3.8) is 0 Å². The number of rotatable bonds is 4. The van der Waals surface area contributed by atoms with Crippen LogP contribution < -0.4 is 10.2 Å². The van der Waals surface area contributed by atoms with Gasteiger partial charge in [0, 0.05) is 41.6 Å². The number of pyridine rings is 1. The summed E-state index contributed by atoms with van der Waals surface area (Å²) in [6, 6.07) is 9.99. The van der Waals surface area contributed by atoms with Crippen LogP contribution in [0.5, 0.6) is 0 Å². The van der Waals surface area contributed by atoms with Gasteiger partial charge in [0.05, 0.1) is 12.1 Å². The summed E-state index contributed by atoms with van der Waals surface area (Å²) in [6.07, 6.45) is -3.52. The molecule has 1 saturated heterocycles. The van der Waals surface area contributed by atoms with Crippen LogP contribution in [0.25, 0.3) is 0 Å². The monoisotopic (exact) mass is 490 g/mol. The fraction of sp³-hybridized carbons (Fsp3) is 0.333. The van der Waals surface area contributed by atoms with Crippen molar-refractivity contribution in [2.75, 3.05) is 42.9 Å². The molecule has 0 aliphatic carbocycles. The topological polar surface area (TPSA) is 48.5 Å². The van der Waals surface area contributed by atoms with Crippen LogP contribution in [-0.4, -0.2) is 48.5 Å². The highest BCUT2D eigenvalue weighted by Crippen LogP contribution is 2.29. The van der Waals surface area contributed by atoms with E-state index in [0.717, 1.165) is 21.5 Å². The molecule has 0 unspecified atom stereocenters. The van der Waals surface area contributed by atoms with E-state index in [1.807, 2.05) is 34.1 Å².